The van der Waals surface area contributed by atoms with Crippen LogP contribution in [0.25, 0.3) is 11.5 Å². The maximum atomic E-state index is 12.8. The average Bonchev–Trinajstić information content (AvgIpc) is 3.11. The molecule has 0 radical (unpaired) electrons. The van der Waals surface area contributed by atoms with Gasteiger partial charge >= 0.3 is 0 Å². The van der Waals surface area contributed by atoms with Crippen LogP contribution in [0.5, 0.6) is 0 Å². The van der Waals surface area contributed by atoms with Gasteiger partial charge in [-0.05, 0) is 36.4 Å². The van der Waals surface area contributed by atoms with E-state index in [0.29, 0.717) is 11.4 Å². The Balaban J connectivity index is 1.85. The quantitative estimate of drug-likeness (QED) is 0.794. The standard InChI is InChI=1S/C14H9FN2O3/c15-9-3-5-10(6-4-9)17-14(18)12-13(20-8-16-12)11-2-1-7-19-11/h1-8H,(H,17,18). The van der Waals surface area contributed by atoms with E-state index in [1.807, 2.05) is 0 Å². The third-order valence-corrected chi connectivity index (χ3v) is 2.63. The zero-order valence-electron chi connectivity index (χ0n) is 10.2. The first-order valence-electron chi connectivity index (χ1n) is 5.78. The van der Waals surface area contributed by atoms with Crippen molar-refractivity contribution in [3.05, 3.63) is 60.6 Å². The lowest BCUT2D eigenvalue weighted by molar-refractivity contribution is 0.102. The first-order chi connectivity index (χ1) is 9.74. The van der Waals surface area contributed by atoms with Crippen molar-refractivity contribution in [3.8, 4) is 11.5 Å². The van der Waals surface area contributed by atoms with Crippen LogP contribution in [0.2, 0.25) is 0 Å². The van der Waals surface area contributed by atoms with Gasteiger partial charge in [-0.2, -0.15) is 0 Å². The summed E-state index contributed by atoms with van der Waals surface area (Å²) in [5.74, 6) is -0.182. The molecule has 0 atom stereocenters. The molecule has 0 aliphatic carbocycles. The van der Waals surface area contributed by atoms with Gasteiger partial charge in [0.1, 0.15) is 5.82 Å². The monoisotopic (exact) mass is 272 g/mol. The van der Waals surface area contributed by atoms with Crippen molar-refractivity contribution in [1.29, 1.82) is 0 Å². The number of benzene rings is 1. The first-order valence-corrected chi connectivity index (χ1v) is 5.78. The van der Waals surface area contributed by atoms with Gasteiger partial charge in [-0.3, -0.25) is 4.79 Å². The van der Waals surface area contributed by atoms with Crippen molar-refractivity contribution >= 4 is 11.6 Å². The van der Waals surface area contributed by atoms with E-state index in [2.05, 4.69) is 10.3 Å². The lowest BCUT2D eigenvalue weighted by Gasteiger charge is -2.03. The predicted molar refractivity (Wildman–Crippen MR) is 68.6 cm³/mol. The molecule has 0 spiro atoms. The van der Waals surface area contributed by atoms with E-state index in [4.69, 9.17) is 8.83 Å². The van der Waals surface area contributed by atoms with Crippen LogP contribution in [0.1, 0.15) is 10.5 Å². The Hall–Kier alpha value is -2.89. The molecule has 3 rings (SSSR count). The second kappa shape index (κ2) is 5.00. The van der Waals surface area contributed by atoms with Crippen LogP contribution in [0.3, 0.4) is 0 Å². The lowest BCUT2D eigenvalue weighted by atomic mass is 10.2. The molecule has 20 heavy (non-hydrogen) atoms. The van der Waals surface area contributed by atoms with Crippen LogP contribution in [0, 0.1) is 5.82 Å². The fourth-order valence-corrected chi connectivity index (χ4v) is 1.71. The topological polar surface area (TPSA) is 68.3 Å². The summed E-state index contributed by atoms with van der Waals surface area (Å²) in [5.41, 5.74) is 0.564. The SMILES string of the molecule is O=C(Nc1ccc(F)cc1)c1ncoc1-c1ccco1. The lowest BCUT2D eigenvalue weighted by Crippen LogP contribution is -2.13. The van der Waals surface area contributed by atoms with E-state index in [1.165, 1.54) is 30.5 Å². The van der Waals surface area contributed by atoms with Crippen molar-refractivity contribution in [3.63, 3.8) is 0 Å². The number of carbonyl (C=O) groups excluding carboxylic acids is 1. The van der Waals surface area contributed by atoms with Gasteiger partial charge in [-0.15, -0.1) is 0 Å². The van der Waals surface area contributed by atoms with Crippen LogP contribution in [-0.2, 0) is 0 Å². The number of furan rings is 1. The van der Waals surface area contributed by atoms with Gasteiger partial charge in [0.15, 0.2) is 17.8 Å². The van der Waals surface area contributed by atoms with Gasteiger partial charge in [0.25, 0.3) is 5.91 Å². The minimum absolute atomic E-state index is 0.101. The summed E-state index contributed by atoms with van der Waals surface area (Å²) in [6, 6.07) is 8.77. The van der Waals surface area contributed by atoms with Gasteiger partial charge < -0.3 is 14.2 Å². The van der Waals surface area contributed by atoms with Crippen LogP contribution in [-0.4, -0.2) is 10.9 Å². The molecule has 0 fully saturated rings. The fourth-order valence-electron chi connectivity index (χ4n) is 1.71. The molecule has 0 saturated carbocycles. The number of nitrogens with one attached hydrogen (secondary N) is 1. The van der Waals surface area contributed by atoms with Crippen molar-refractivity contribution in [1.82, 2.24) is 4.98 Å². The molecule has 1 aromatic carbocycles. The molecule has 1 N–H and O–H groups in total. The molecule has 2 heterocycles. The van der Waals surface area contributed by atoms with Crippen molar-refractivity contribution < 1.29 is 18.0 Å². The number of anilines is 1. The molecule has 2 aromatic heterocycles. The van der Waals surface area contributed by atoms with E-state index in [-0.39, 0.29) is 17.3 Å². The van der Waals surface area contributed by atoms with Crippen LogP contribution in [0.4, 0.5) is 10.1 Å². The maximum absolute atomic E-state index is 12.8. The number of nitrogens with zero attached hydrogens (tertiary/aromatic N) is 1. The second-order valence-electron chi connectivity index (χ2n) is 3.97. The van der Waals surface area contributed by atoms with Gasteiger partial charge in [-0.25, -0.2) is 9.37 Å². The number of halogens is 1. The predicted octanol–water partition coefficient (Wildman–Crippen LogP) is 3.33. The van der Waals surface area contributed by atoms with Gasteiger partial charge in [0, 0.05) is 5.69 Å². The number of rotatable bonds is 3. The molecular formula is C14H9FN2O3. The fraction of sp³-hybridized carbons (Fsp3) is 0. The summed E-state index contributed by atoms with van der Waals surface area (Å²) in [6.07, 6.45) is 2.64. The third-order valence-electron chi connectivity index (χ3n) is 2.63. The minimum atomic E-state index is -0.461. The Kier molecular flexibility index (Phi) is 3.04. The minimum Gasteiger partial charge on any atom is -0.461 e. The molecule has 1 amide bonds. The Morgan fingerprint density at radius 3 is 2.65 bits per heavy atom. The van der Waals surface area contributed by atoms with Gasteiger partial charge in [0.05, 0.1) is 6.26 Å². The van der Waals surface area contributed by atoms with Gasteiger partial charge in [0.2, 0.25) is 5.76 Å². The summed E-state index contributed by atoms with van der Waals surface area (Å²) < 4.78 is 23.1. The zero-order chi connectivity index (χ0) is 13.9. The number of amides is 1. The highest BCUT2D eigenvalue weighted by Gasteiger charge is 2.20. The average molecular weight is 272 g/mol. The first kappa shape index (κ1) is 12.2. The number of aromatic nitrogens is 1. The second-order valence-corrected chi connectivity index (χ2v) is 3.97. The molecule has 5 nitrogen and oxygen atoms in total. The van der Waals surface area contributed by atoms with Crippen LogP contribution in [0.15, 0.2) is 57.9 Å². The number of oxazole rings is 1. The third kappa shape index (κ3) is 2.31. The van der Waals surface area contributed by atoms with Crippen molar-refractivity contribution in [2.75, 3.05) is 5.32 Å². The Labute approximate surface area is 113 Å². The number of hydrogen-bond acceptors (Lipinski definition) is 4. The Bertz CT molecular complexity index is 717. The molecule has 0 unspecified atom stereocenters. The normalized spacial score (nSPS) is 10.4. The van der Waals surface area contributed by atoms with E-state index in [0.717, 1.165) is 6.39 Å². The largest absolute Gasteiger partial charge is 0.461 e. The summed E-state index contributed by atoms with van der Waals surface area (Å²) in [6.45, 7) is 0. The van der Waals surface area contributed by atoms with Crippen molar-refractivity contribution in [2.45, 2.75) is 0 Å². The molecule has 0 saturated heterocycles. The molecule has 0 bridgehead atoms. The summed E-state index contributed by atoms with van der Waals surface area (Å²) in [5, 5.41) is 2.60. The summed E-state index contributed by atoms with van der Waals surface area (Å²) >= 11 is 0. The highest BCUT2D eigenvalue weighted by Crippen LogP contribution is 2.24. The van der Waals surface area contributed by atoms with E-state index < -0.39 is 5.91 Å². The highest BCUT2D eigenvalue weighted by molar-refractivity contribution is 6.06. The molecule has 3 aromatic rings. The van der Waals surface area contributed by atoms with Gasteiger partial charge in [-0.1, -0.05) is 0 Å². The molecule has 6 heteroatoms. The van der Waals surface area contributed by atoms with Crippen LogP contribution < -0.4 is 5.32 Å². The number of carbonyl (C=O) groups is 1. The maximum Gasteiger partial charge on any atom is 0.278 e. The smallest absolute Gasteiger partial charge is 0.278 e. The molecule has 0 aliphatic heterocycles. The van der Waals surface area contributed by atoms with Crippen molar-refractivity contribution in [2.24, 2.45) is 0 Å². The number of hydrogen-bond donors (Lipinski definition) is 1. The summed E-state index contributed by atoms with van der Waals surface area (Å²) in [4.78, 5) is 16.0. The Morgan fingerprint density at radius 1 is 1.15 bits per heavy atom. The summed E-state index contributed by atoms with van der Waals surface area (Å²) in [7, 11) is 0. The van der Waals surface area contributed by atoms with E-state index in [1.54, 1.807) is 12.1 Å². The molecular weight excluding hydrogens is 263 g/mol. The highest BCUT2D eigenvalue weighted by atomic mass is 19.1. The van der Waals surface area contributed by atoms with E-state index >= 15 is 0 Å². The molecule has 100 valence electrons. The Morgan fingerprint density at radius 2 is 1.95 bits per heavy atom. The molecule has 0 aliphatic rings. The zero-order valence-corrected chi connectivity index (χ0v) is 10.2. The van der Waals surface area contributed by atoms with E-state index in [9.17, 15) is 9.18 Å². The van der Waals surface area contributed by atoms with Crippen LogP contribution >= 0.6 is 0 Å².